The van der Waals surface area contributed by atoms with Crippen molar-refractivity contribution in [2.75, 3.05) is 17.4 Å². The minimum Gasteiger partial charge on any atom is -0.454 e. The van der Waals surface area contributed by atoms with E-state index < -0.39 is 6.03 Å². The molecule has 2 aromatic heterocycles. The summed E-state index contributed by atoms with van der Waals surface area (Å²) in [4.78, 5) is 32.7. The predicted molar refractivity (Wildman–Crippen MR) is 118 cm³/mol. The van der Waals surface area contributed by atoms with Crippen LogP contribution in [0.2, 0.25) is 0 Å². The van der Waals surface area contributed by atoms with Crippen LogP contribution in [0.4, 0.5) is 16.3 Å². The molecule has 0 radical (unpaired) electrons. The van der Waals surface area contributed by atoms with Crippen LogP contribution in [0.15, 0.2) is 29.1 Å². The summed E-state index contributed by atoms with van der Waals surface area (Å²) >= 11 is 0. The quantitative estimate of drug-likeness (QED) is 0.580. The van der Waals surface area contributed by atoms with Gasteiger partial charge in [-0.25, -0.2) is 9.78 Å². The first-order chi connectivity index (χ1) is 15.3. The lowest BCUT2D eigenvalue weighted by Gasteiger charge is -2.14. The van der Waals surface area contributed by atoms with E-state index in [0.717, 1.165) is 36.2 Å². The van der Waals surface area contributed by atoms with Crippen molar-refractivity contribution >= 4 is 17.5 Å². The Morgan fingerprint density at radius 2 is 1.94 bits per heavy atom. The van der Waals surface area contributed by atoms with E-state index in [1.54, 1.807) is 24.3 Å². The summed E-state index contributed by atoms with van der Waals surface area (Å²) in [6, 6.07) is 6.48. The molecule has 3 aromatic rings. The second kappa shape index (κ2) is 7.40. The number of fused-ring (bicyclic) bond motifs is 2. The first kappa shape index (κ1) is 20.1. The van der Waals surface area contributed by atoms with E-state index in [0.29, 0.717) is 23.0 Å². The maximum absolute atomic E-state index is 12.8. The van der Waals surface area contributed by atoms with Gasteiger partial charge in [0.05, 0.1) is 11.4 Å². The Morgan fingerprint density at radius 1 is 1.12 bits per heavy atom. The molecule has 32 heavy (non-hydrogen) atoms. The summed E-state index contributed by atoms with van der Waals surface area (Å²) < 4.78 is 12.1. The van der Waals surface area contributed by atoms with Crippen LogP contribution >= 0.6 is 0 Å². The van der Waals surface area contributed by atoms with Crippen LogP contribution in [0.1, 0.15) is 44.1 Å². The number of H-pyrrole nitrogens is 1. The van der Waals surface area contributed by atoms with Gasteiger partial charge in [-0.1, -0.05) is 20.8 Å². The molecule has 2 amide bonds. The second-order valence-corrected chi connectivity index (χ2v) is 8.89. The largest absolute Gasteiger partial charge is 0.454 e. The number of aromatic amines is 1. The number of benzene rings is 1. The van der Waals surface area contributed by atoms with Crippen molar-refractivity contribution in [1.29, 1.82) is 0 Å². The Hall–Kier alpha value is -3.82. The lowest BCUT2D eigenvalue weighted by molar-refractivity contribution is 0.174. The topological polar surface area (TPSA) is 123 Å². The highest BCUT2D eigenvalue weighted by Crippen LogP contribution is 2.34. The molecule has 0 unspecified atom stereocenters. The molecule has 0 saturated carbocycles. The van der Waals surface area contributed by atoms with Crippen LogP contribution in [0.5, 0.6) is 11.5 Å². The maximum atomic E-state index is 12.8. The highest BCUT2D eigenvalue weighted by atomic mass is 16.7. The highest BCUT2D eigenvalue weighted by Gasteiger charge is 2.24. The first-order valence-corrected chi connectivity index (χ1v) is 10.5. The summed E-state index contributed by atoms with van der Waals surface area (Å²) in [5.41, 5.74) is 2.38. The third kappa shape index (κ3) is 3.68. The molecule has 1 aliphatic heterocycles. The number of carbonyl (C=O) groups excluding carboxylic acids is 1. The lowest BCUT2D eigenvalue weighted by Crippen LogP contribution is -2.23. The van der Waals surface area contributed by atoms with Crippen molar-refractivity contribution in [3.63, 3.8) is 0 Å². The van der Waals surface area contributed by atoms with Gasteiger partial charge in [0.1, 0.15) is 5.82 Å². The molecule has 3 heterocycles. The highest BCUT2D eigenvalue weighted by molar-refractivity contribution is 5.99. The van der Waals surface area contributed by atoms with E-state index in [2.05, 4.69) is 25.7 Å². The Morgan fingerprint density at radius 3 is 2.75 bits per heavy atom. The van der Waals surface area contributed by atoms with Crippen LogP contribution in [0.25, 0.3) is 5.95 Å². The van der Waals surface area contributed by atoms with E-state index in [1.807, 2.05) is 20.8 Å². The van der Waals surface area contributed by atoms with Crippen LogP contribution in [-0.4, -0.2) is 32.6 Å². The Bertz CT molecular complexity index is 1270. The van der Waals surface area contributed by atoms with Gasteiger partial charge in [-0.2, -0.15) is 9.78 Å². The molecule has 0 bridgehead atoms. The number of urea groups is 1. The molecular weight excluding hydrogens is 412 g/mol. The summed E-state index contributed by atoms with van der Waals surface area (Å²) in [6.07, 6.45) is 2.39. The van der Waals surface area contributed by atoms with E-state index in [1.165, 1.54) is 4.68 Å². The fraction of sp³-hybridized carbons (Fsp3) is 0.364. The zero-order valence-electron chi connectivity index (χ0n) is 18.1. The van der Waals surface area contributed by atoms with Crippen molar-refractivity contribution in [1.82, 2.24) is 19.7 Å². The molecule has 1 aromatic carbocycles. The average molecular weight is 436 g/mol. The van der Waals surface area contributed by atoms with Gasteiger partial charge in [-0.3, -0.25) is 15.1 Å². The molecule has 0 atom stereocenters. The van der Waals surface area contributed by atoms with E-state index in [-0.39, 0.29) is 23.7 Å². The summed E-state index contributed by atoms with van der Waals surface area (Å²) in [5.74, 6) is 1.89. The molecule has 0 saturated heterocycles. The molecule has 3 N–H and O–H groups in total. The number of nitrogens with one attached hydrogen (secondary N) is 3. The van der Waals surface area contributed by atoms with Crippen LogP contribution in [0, 0.1) is 0 Å². The van der Waals surface area contributed by atoms with Crippen molar-refractivity contribution in [2.24, 2.45) is 0 Å². The number of nitrogens with zero attached hydrogens (tertiary/aromatic N) is 3. The van der Waals surface area contributed by atoms with Gasteiger partial charge >= 0.3 is 6.03 Å². The molecule has 10 nitrogen and oxygen atoms in total. The van der Waals surface area contributed by atoms with Gasteiger partial charge in [0.25, 0.3) is 5.56 Å². The van der Waals surface area contributed by atoms with E-state index in [9.17, 15) is 9.59 Å². The van der Waals surface area contributed by atoms with Gasteiger partial charge in [-0.05, 0) is 31.4 Å². The van der Waals surface area contributed by atoms with Crippen LogP contribution in [-0.2, 0) is 18.3 Å². The fourth-order valence-electron chi connectivity index (χ4n) is 3.78. The number of anilines is 2. The summed E-state index contributed by atoms with van der Waals surface area (Å²) in [6.45, 7) is 6.23. The third-order valence-electron chi connectivity index (χ3n) is 5.48. The fourth-order valence-corrected chi connectivity index (χ4v) is 3.78. The number of carbonyl (C=O) groups is 1. The van der Waals surface area contributed by atoms with Gasteiger partial charge in [0, 0.05) is 28.8 Å². The van der Waals surface area contributed by atoms with Crippen molar-refractivity contribution in [3.8, 4) is 17.4 Å². The first-order valence-electron chi connectivity index (χ1n) is 10.5. The van der Waals surface area contributed by atoms with E-state index >= 15 is 0 Å². The summed E-state index contributed by atoms with van der Waals surface area (Å²) in [5, 5.41) is 10.2. The number of aromatic nitrogens is 4. The molecule has 0 spiro atoms. The summed E-state index contributed by atoms with van der Waals surface area (Å²) in [7, 11) is 0. The molecule has 10 heteroatoms. The molecule has 166 valence electrons. The minimum absolute atomic E-state index is 0.158. The lowest BCUT2D eigenvalue weighted by atomic mass is 9.92. The van der Waals surface area contributed by atoms with Gasteiger partial charge < -0.3 is 14.8 Å². The third-order valence-corrected chi connectivity index (χ3v) is 5.48. The Balaban J connectivity index is 1.45. The predicted octanol–water partition coefficient (Wildman–Crippen LogP) is 3.11. The number of rotatable bonds is 3. The zero-order chi connectivity index (χ0) is 22.5. The number of amides is 2. The van der Waals surface area contributed by atoms with Gasteiger partial charge in [-0.15, -0.1) is 0 Å². The van der Waals surface area contributed by atoms with Crippen molar-refractivity contribution in [3.05, 3.63) is 51.6 Å². The van der Waals surface area contributed by atoms with Gasteiger partial charge in [0.2, 0.25) is 12.7 Å². The molecule has 5 rings (SSSR count). The SMILES string of the molecule is CC(C)(C)c1cc(NC(=O)Nc2ccc3c(c2)OCO3)n(-c2nc3c(c(=O)[nH]2)CCC3)n1. The number of hydrogen-bond acceptors (Lipinski definition) is 6. The van der Waals surface area contributed by atoms with Crippen LogP contribution in [0.3, 0.4) is 0 Å². The number of hydrogen-bond donors (Lipinski definition) is 3. The Kier molecular flexibility index (Phi) is 4.65. The monoisotopic (exact) mass is 436 g/mol. The second-order valence-electron chi connectivity index (χ2n) is 8.89. The molecular formula is C22H24N6O4. The van der Waals surface area contributed by atoms with Gasteiger partial charge in [0.15, 0.2) is 11.5 Å². The number of ether oxygens (including phenoxy) is 2. The van der Waals surface area contributed by atoms with E-state index in [4.69, 9.17) is 9.47 Å². The zero-order valence-corrected chi connectivity index (χ0v) is 18.1. The smallest absolute Gasteiger partial charge is 0.324 e. The normalized spacial score (nSPS) is 14.3. The van der Waals surface area contributed by atoms with Crippen molar-refractivity contribution < 1.29 is 14.3 Å². The van der Waals surface area contributed by atoms with Crippen LogP contribution < -0.4 is 25.7 Å². The molecule has 0 fully saturated rings. The molecule has 2 aliphatic rings. The average Bonchev–Trinajstić information content (AvgIpc) is 3.46. The molecule has 1 aliphatic carbocycles. The standard InChI is InChI=1S/C22H24N6O4/c1-22(2,3)17-10-18(25-21(30)23-12-7-8-15-16(9-12)32-11-31-15)28(27-17)20-24-14-6-4-5-13(14)19(29)26-20/h7-10H,4-6,11H2,1-3H3,(H2,23,25,30)(H,24,26,29). The Labute approximate surface area is 184 Å². The number of aryl methyl sites for hydroxylation is 1. The van der Waals surface area contributed by atoms with Crippen molar-refractivity contribution in [2.45, 2.75) is 45.4 Å². The maximum Gasteiger partial charge on any atom is 0.324 e. The minimum atomic E-state index is -0.464.